The van der Waals surface area contributed by atoms with E-state index in [9.17, 15) is 4.79 Å². The van der Waals surface area contributed by atoms with Gasteiger partial charge in [-0.25, -0.2) is 4.68 Å². The van der Waals surface area contributed by atoms with E-state index >= 15 is 0 Å². The maximum Gasteiger partial charge on any atom is 0.254 e. The Morgan fingerprint density at radius 3 is 2.48 bits per heavy atom. The van der Waals surface area contributed by atoms with Gasteiger partial charge in [-0.15, -0.1) is 0 Å². The highest BCUT2D eigenvalue weighted by atomic mass is 16.5. The van der Waals surface area contributed by atoms with Gasteiger partial charge in [0.15, 0.2) is 0 Å². The summed E-state index contributed by atoms with van der Waals surface area (Å²) in [7, 11) is 1.66. The summed E-state index contributed by atoms with van der Waals surface area (Å²) in [6.07, 6.45) is 0.975. The quantitative estimate of drug-likeness (QED) is 0.703. The summed E-state index contributed by atoms with van der Waals surface area (Å²) in [5.41, 5.74) is 4.84. The Balaban J connectivity index is 1.53. The van der Waals surface area contributed by atoms with Crippen LogP contribution in [-0.2, 0) is 0 Å². The molecule has 1 saturated heterocycles. The number of amides is 1. The highest BCUT2D eigenvalue weighted by Crippen LogP contribution is 2.35. The van der Waals surface area contributed by atoms with E-state index < -0.39 is 0 Å². The molecule has 1 fully saturated rings. The Labute approximate surface area is 159 Å². The number of ether oxygens (including phenoxy) is 1. The van der Waals surface area contributed by atoms with Gasteiger partial charge in [0.2, 0.25) is 0 Å². The van der Waals surface area contributed by atoms with E-state index in [0.29, 0.717) is 5.56 Å². The van der Waals surface area contributed by atoms with Crippen molar-refractivity contribution in [2.24, 2.45) is 0 Å². The van der Waals surface area contributed by atoms with Crippen molar-refractivity contribution >= 4 is 5.91 Å². The number of hydrogen-bond acceptors (Lipinski definition) is 3. The second-order valence-corrected chi connectivity index (χ2v) is 6.97. The van der Waals surface area contributed by atoms with Crippen molar-refractivity contribution in [1.29, 1.82) is 0 Å². The second-order valence-electron chi connectivity index (χ2n) is 6.97. The van der Waals surface area contributed by atoms with Crippen molar-refractivity contribution in [1.82, 2.24) is 14.7 Å². The van der Waals surface area contributed by atoms with Crippen LogP contribution < -0.4 is 4.74 Å². The SMILES string of the molecule is COc1cccc([C@H]2CCN2C(=O)c2ccc(-n3nc(C)cc3C)cc2)c1. The lowest BCUT2D eigenvalue weighted by Crippen LogP contribution is -2.45. The van der Waals surface area contributed by atoms with E-state index in [-0.39, 0.29) is 11.9 Å². The Morgan fingerprint density at radius 2 is 1.89 bits per heavy atom. The van der Waals surface area contributed by atoms with Crippen LogP contribution in [0.1, 0.15) is 39.8 Å². The van der Waals surface area contributed by atoms with Gasteiger partial charge in [0.05, 0.1) is 24.5 Å². The van der Waals surface area contributed by atoms with Crippen molar-refractivity contribution in [2.75, 3.05) is 13.7 Å². The molecule has 0 saturated carbocycles. The zero-order chi connectivity index (χ0) is 19.0. The molecule has 1 aromatic heterocycles. The Hall–Kier alpha value is -3.08. The summed E-state index contributed by atoms with van der Waals surface area (Å²) in [6.45, 7) is 4.78. The van der Waals surface area contributed by atoms with Crippen LogP contribution in [-0.4, -0.2) is 34.2 Å². The van der Waals surface area contributed by atoms with E-state index in [2.05, 4.69) is 11.2 Å². The molecule has 0 radical (unpaired) electrons. The topological polar surface area (TPSA) is 47.4 Å². The van der Waals surface area contributed by atoms with Gasteiger partial charge in [-0.3, -0.25) is 4.79 Å². The van der Waals surface area contributed by atoms with Gasteiger partial charge in [0.1, 0.15) is 5.75 Å². The van der Waals surface area contributed by atoms with E-state index in [1.165, 1.54) is 0 Å². The largest absolute Gasteiger partial charge is 0.497 e. The van der Waals surface area contributed by atoms with Crippen molar-refractivity contribution in [3.05, 3.63) is 77.1 Å². The molecule has 138 valence electrons. The monoisotopic (exact) mass is 361 g/mol. The fourth-order valence-electron chi connectivity index (χ4n) is 3.63. The molecule has 1 amide bonds. The molecule has 1 aliphatic heterocycles. The lowest BCUT2D eigenvalue weighted by atomic mass is 9.93. The number of aromatic nitrogens is 2. The molecule has 0 bridgehead atoms. The van der Waals surface area contributed by atoms with Crippen LogP contribution in [0.5, 0.6) is 5.75 Å². The maximum atomic E-state index is 13.0. The highest BCUT2D eigenvalue weighted by Gasteiger charge is 2.34. The molecule has 5 heteroatoms. The number of carbonyl (C=O) groups excluding carboxylic acids is 1. The number of nitrogens with zero attached hydrogens (tertiary/aromatic N) is 3. The molecule has 2 aromatic carbocycles. The maximum absolute atomic E-state index is 13.0. The van der Waals surface area contributed by atoms with Crippen LogP contribution in [0.15, 0.2) is 54.6 Å². The van der Waals surface area contributed by atoms with Gasteiger partial charge in [0.25, 0.3) is 5.91 Å². The fraction of sp³-hybridized carbons (Fsp3) is 0.273. The average molecular weight is 361 g/mol. The van der Waals surface area contributed by atoms with Crippen LogP contribution >= 0.6 is 0 Å². The first-order valence-electron chi connectivity index (χ1n) is 9.15. The van der Waals surface area contributed by atoms with Crippen LogP contribution in [0.3, 0.4) is 0 Å². The molecule has 27 heavy (non-hydrogen) atoms. The zero-order valence-corrected chi connectivity index (χ0v) is 15.8. The first-order valence-corrected chi connectivity index (χ1v) is 9.15. The summed E-state index contributed by atoms with van der Waals surface area (Å²) in [4.78, 5) is 14.9. The minimum absolute atomic E-state index is 0.0639. The molecule has 3 aromatic rings. The number of likely N-dealkylation sites (tertiary alicyclic amines) is 1. The minimum atomic E-state index is 0.0639. The van der Waals surface area contributed by atoms with Gasteiger partial charge in [0, 0.05) is 17.8 Å². The number of benzene rings is 2. The summed E-state index contributed by atoms with van der Waals surface area (Å²) < 4.78 is 7.20. The minimum Gasteiger partial charge on any atom is -0.497 e. The van der Waals surface area contributed by atoms with Crippen molar-refractivity contribution in [2.45, 2.75) is 26.3 Å². The fourth-order valence-corrected chi connectivity index (χ4v) is 3.63. The first kappa shape index (κ1) is 17.3. The number of rotatable bonds is 4. The highest BCUT2D eigenvalue weighted by molar-refractivity contribution is 5.95. The third-order valence-corrected chi connectivity index (χ3v) is 5.13. The summed E-state index contributed by atoms with van der Waals surface area (Å²) in [5, 5.41) is 4.49. The third kappa shape index (κ3) is 3.21. The zero-order valence-electron chi connectivity index (χ0n) is 15.8. The predicted molar refractivity (Wildman–Crippen MR) is 104 cm³/mol. The molecular formula is C22H23N3O2. The third-order valence-electron chi connectivity index (χ3n) is 5.13. The smallest absolute Gasteiger partial charge is 0.254 e. The van der Waals surface area contributed by atoms with Gasteiger partial charge >= 0.3 is 0 Å². The molecule has 2 heterocycles. The summed E-state index contributed by atoms with van der Waals surface area (Å²) in [5.74, 6) is 0.884. The Morgan fingerprint density at radius 1 is 1.11 bits per heavy atom. The van der Waals surface area contributed by atoms with E-state index in [0.717, 1.165) is 41.4 Å². The van der Waals surface area contributed by atoms with E-state index in [1.807, 2.05) is 72.0 Å². The van der Waals surface area contributed by atoms with Crippen molar-refractivity contribution in [3.8, 4) is 11.4 Å². The molecule has 0 aliphatic carbocycles. The van der Waals surface area contributed by atoms with Gasteiger partial charge in [-0.05, 0) is 68.3 Å². The van der Waals surface area contributed by atoms with Gasteiger partial charge in [-0.2, -0.15) is 5.10 Å². The van der Waals surface area contributed by atoms with E-state index in [4.69, 9.17) is 4.74 Å². The van der Waals surface area contributed by atoms with Gasteiger partial charge < -0.3 is 9.64 Å². The predicted octanol–water partition coefficient (Wildman–Crippen LogP) is 4.08. The summed E-state index contributed by atoms with van der Waals surface area (Å²) in [6, 6.07) is 17.8. The summed E-state index contributed by atoms with van der Waals surface area (Å²) >= 11 is 0. The Bertz CT molecular complexity index is 975. The molecule has 5 nitrogen and oxygen atoms in total. The van der Waals surface area contributed by atoms with Crippen molar-refractivity contribution < 1.29 is 9.53 Å². The number of methoxy groups -OCH3 is 1. The van der Waals surface area contributed by atoms with Crippen molar-refractivity contribution in [3.63, 3.8) is 0 Å². The van der Waals surface area contributed by atoms with Crippen LogP contribution in [0.2, 0.25) is 0 Å². The lowest BCUT2D eigenvalue weighted by Gasteiger charge is -2.41. The molecule has 1 atom stereocenters. The van der Waals surface area contributed by atoms with Crippen LogP contribution in [0.25, 0.3) is 5.69 Å². The molecule has 0 N–H and O–H groups in total. The molecule has 0 unspecified atom stereocenters. The van der Waals surface area contributed by atoms with Gasteiger partial charge in [-0.1, -0.05) is 12.1 Å². The lowest BCUT2D eigenvalue weighted by molar-refractivity contribution is 0.0460. The molecule has 4 rings (SSSR count). The number of carbonyl (C=O) groups is 1. The van der Waals surface area contributed by atoms with Crippen LogP contribution in [0.4, 0.5) is 0 Å². The van der Waals surface area contributed by atoms with E-state index in [1.54, 1.807) is 7.11 Å². The average Bonchev–Trinajstić information content (AvgIpc) is 2.99. The number of hydrogen-bond donors (Lipinski definition) is 0. The first-order chi connectivity index (χ1) is 13.1. The van der Waals surface area contributed by atoms with Crippen LogP contribution in [0, 0.1) is 13.8 Å². The normalized spacial score (nSPS) is 16.1. The molecular weight excluding hydrogens is 338 g/mol. The second kappa shape index (κ2) is 6.91. The number of aryl methyl sites for hydroxylation is 2. The molecule has 1 aliphatic rings. The molecule has 0 spiro atoms. The standard InChI is InChI=1S/C22H23N3O2/c1-15-13-16(2)25(23-15)19-9-7-17(8-10-19)22(26)24-12-11-21(24)18-5-4-6-20(14-18)27-3/h4-10,13-14,21H,11-12H2,1-3H3/t21-/m1/s1. The Kier molecular flexibility index (Phi) is 4.44.